The molecule has 3 aromatic rings. The van der Waals surface area contributed by atoms with E-state index >= 15 is 0 Å². The standard InChI is InChI=1S/C25H29ClN4O5/c1-25(2,24(27)32)14-16-4-6-19(26)18(12-16)23-29-20(13-21(31)30-23)17-5-7-22(28-15-17)35-11-10-34-9-8-33-3/h4-7,12-13,15H,8-11,14H2,1-3H3,(H2,27,32)(H,29,30,31). The molecular weight excluding hydrogens is 472 g/mol. The van der Waals surface area contributed by atoms with Gasteiger partial charge < -0.3 is 24.9 Å². The van der Waals surface area contributed by atoms with E-state index in [0.717, 1.165) is 5.56 Å². The number of pyridine rings is 1. The molecule has 35 heavy (non-hydrogen) atoms. The number of rotatable bonds is 12. The Morgan fingerprint density at radius 3 is 2.57 bits per heavy atom. The molecule has 0 unspecified atom stereocenters. The van der Waals surface area contributed by atoms with Gasteiger partial charge in [-0.15, -0.1) is 0 Å². The summed E-state index contributed by atoms with van der Waals surface area (Å²) in [5.41, 5.74) is 6.91. The fraction of sp³-hybridized carbons (Fsp3) is 0.360. The molecule has 9 nitrogen and oxygen atoms in total. The van der Waals surface area contributed by atoms with Crippen molar-refractivity contribution in [1.82, 2.24) is 15.0 Å². The predicted molar refractivity (Wildman–Crippen MR) is 133 cm³/mol. The van der Waals surface area contributed by atoms with E-state index in [1.54, 1.807) is 51.4 Å². The number of primary amides is 1. The lowest BCUT2D eigenvalue weighted by Gasteiger charge is -2.20. The van der Waals surface area contributed by atoms with Crippen LogP contribution in [-0.2, 0) is 20.7 Å². The molecule has 0 aliphatic heterocycles. The number of H-pyrrole nitrogens is 1. The zero-order chi connectivity index (χ0) is 25.4. The molecular formula is C25H29ClN4O5. The first-order chi connectivity index (χ1) is 16.7. The highest BCUT2D eigenvalue weighted by molar-refractivity contribution is 6.33. The van der Waals surface area contributed by atoms with Crippen LogP contribution in [0.2, 0.25) is 5.02 Å². The minimum absolute atomic E-state index is 0.310. The molecule has 1 amide bonds. The molecule has 0 radical (unpaired) electrons. The summed E-state index contributed by atoms with van der Waals surface area (Å²) in [6.45, 7) is 5.35. The first kappa shape index (κ1) is 26.3. The predicted octanol–water partition coefficient (Wildman–Crippen LogP) is 3.25. The average molecular weight is 501 g/mol. The van der Waals surface area contributed by atoms with Crippen LogP contribution in [0.25, 0.3) is 22.6 Å². The van der Waals surface area contributed by atoms with Crippen LogP contribution in [0, 0.1) is 5.41 Å². The van der Waals surface area contributed by atoms with Gasteiger partial charge in [-0.25, -0.2) is 9.97 Å². The fourth-order valence-corrected chi connectivity index (χ4v) is 3.47. The van der Waals surface area contributed by atoms with Crippen LogP contribution in [0.15, 0.2) is 47.4 Å². The van der Waals surface area contributed by atoms with Gasteiger partial charge in [0.2, 0.25) is 11.8 Å². The topological polar surface area (TPSA) is 129 Å². The first-order valence-corrected chi connectivity index (χ1v) is 11.4. The number of nitrogens with two attached hydrogens (primary N) is 1. The van der Waals surface area contributed by atoms with Gasteiger partial charge >= 0.3 is 0 Å². The quantitative estimate of drug-likeness (QED) is 0.365. The van der Waals surface area contributed by atoms with Gasteiger partial charge in [-0.3, -0.25) is 9.59 Å². The number of hydrogen-bond donors (Lipinski definition) is 2. The Kier molecular flexibility index (Phi) is 8.97. The van der Waals surface area contributed by atoms with Gasteiger partial charge in [0, 0.05) is 42.0 Å². The Morgan fingerprint density at radius 1 is 1.11 bits per heavy atom. The summed E-state index contributed by atoms with van der Waals surface area (Å²) >= 11 is 6.42. The molecule has 1 aromatic carbocycles. The largest absolute Gasteiger partial charge is 0.475 e. The maximum atomic E-state index is 12.4. The third kappa shape index (κ3) is 7.35. The van der Waals surface area contributed by atoms with Gasteiger partial charge in [-0.2, -0.15) is 0 Å². The van der Waals surface area contributed by atoms with E-state index < -0.39 is 11.3 Å². The number of benzene rings is 1. The number of halogens is 1. The van der Waals surface area contributed by atoms with Crippen LogP contribution in [0.1, 0.15) is 19.4 Å². The number of nitrogens with zero attached hydrogens (tertiary/aromatic N) is 2. The molecule has 0 spiro atoms. The highest BCUT2D eigenvalue weighted by Crippen LogP contribution is 2.30. The SMILES string of the molecule is COCCOCCOc1ccc(-c2cc(=O)[nH]c(-c3cc(CC(C)(C)C(N)=O)ccc3Cl)n2)cn1. The van der Waals surface area contributed by atoms with E-state index in [1.807, 2.05) is 6.07 Å². The van der Waals surface area contributed by atoms with E-state index in [4.69, 9.17) is 31.5 Å². The van der Waals surface area contributed by atoms with Crippen LogP contribution in [0.5, 0.6) is 5.88 Å². The van der Waals surface area contributed by atoms with Gasteiger partial charge in [0.25, 0.3) is 5.56 Å². The monoisotopic (exact) mass is 500 g/mol. The summed E-state index contributed by atoms with van der Waals surface area (Å²) in [7, 11) is 1.61. The molecule has 0 saturated carbocycles. The Balaban J connectivity index is 1.79. The summed E-state index contributed by atoms with van der Waals surface area (Å²) in [4.78, 5) is 35.8. The van der Waals surface area contributed by atoms with Crippen LogP contribution in [-0.4, -0.2) is 54.4 Å². The molecule has 0 atom stereocenters. The number of aromatic amines is 1. The summed E-state index contributed by atoms with van der Waals surface area (Å²) < 4.78 is 15.8. The average Bonchev–Trinajstić information content (AvgIpc) is 2.82. The fourth-order valence-electron chi connectivity index (χ4n) is 3.26. The molecule has 10 heteroatoms. The van der Waals surface area contributed by atoms with Crippen molar-refractivity contribution in [2.24, 2.45) is 11.1 Å². The van der Waals surface area contributed by atoms with Crippen molar-refractivity contribution in [3.05, 3.63) is 63.5 Å². The van der Waals surface area contributed by atoms with Crippen molar-refractivity contribution < 1.29 is 19.0 Å². The maximum Gasteiger partial charge on any atom is 0.251 e. The molecule has 186 valence electrons. The molecule has 0 aliphatic rings. The number of carbonyl (C=O) groups is 1. The Bertz CT molecular complexity index is 1210. The lowest BCUT2D eigenvalue weighted by molar-refractivity contribution is -0.125. The van der Waals surface area contributed by atoms with Crippen molar-refractivity contribution in [3.8, 4) is 28.5 Å². The summed E-state index contributed by atoms with van der Waals surface area (Å²) in [5.74, 6) is 0.341. The second-order valence-electron chi connectivity index (χ2n) is 8.56. The number of hydrogen-bond acceptors (Lipinski definition) is 7. The van der Waals surface area contributed by atoms with Gasteiger partial charge in [-0.1, -0.05) is 31.5 Å². The van der Waals surface area contributed by atoms with E-state index in [0.29, 0.717) is 66.4 Å². The van der Waals surface area contributed by atoms with Crippen molar-refractivity contribution in [1.29, 1.82) is 0 Å². The van der Waals surface area contributed by atoms with E-state index in [9.17, 15) is 9.59 Å². The number of methoxy groups -OCH3 is 1. The molecule has 2 heterocycles. The molecule has 3 rings (SSSR count). The van der Waals surface area contributed by atoms with Crippen molar-refractivity contribution in [3.63, 3.8) is 0 Å². The number of nitrogens with one attached hydrogen (secondary N) is 1. The normalized spacial score (nSPS) is 11.4. The molecule has 0 fully saturated rings. The third-order valence-electron chi connectivity index (χ3n) is 5.28. The van der Waals surface area contributed by atoms with Gasteiger partial charge in [0.15, 0.2) is 0 Å². The van der Waals surface area contributed by atoms with Crippen molar-refractivity contribution in [2.75, 3.05) is 33.5 Å². The Hall–Kier alpha value is -3.27. The van der Waals surface area contributed by atoms with Crippen LogP contribution in [0.3, 0.4) is 0 Å². The number of ether oxygens (including phenoxy) is 3. The second-order valence-corrected chi connectivity index (χ2v) is 8.96. The Labute approximate surface area is 208 Å². The highest BCUT2D eigenvalue weighted by atomic mass is 35.5. The number of aromatic nitrogens is 3. The van der Waals surface area contributed by atoms with Gasteiger partial charge in [0.1, 0.15) is 12.4 Å². The summed E-state index contributed by atoms with van der Waals surface area (Å²) in [5, 5.41) is 0.417. The van der Waals surface area contributed by atoms with E-state index in [-0.39, 0.29) is 5.56 Å². The zero-order valence-corrected chi connectivity index (χ0v) is 20.7. The molecule has 0 bridgehead atoms. The smallest absolute Gasteiger partial charge is 0.251 e. The molecule has 0 saturated heterocycles. The van der Waals surface area contributed by atoms with E-state index in [1.165, 1.54) is 6.07 Å². The zero-order valence-electron chi connectivity index (χ0n) is 20.0. The number of carbonyl (C=O) groups excluding carboxylic acids is 1. The minimum atomic E-state index is -0.737. The third-order valence-corrected chi connectivity index (χ3v) is 5.61. The lowest BCUT2D eigenvalue weighted by atomic mass is 9.85. The van der Waals surface area contributed by atoms with Crippen LogP contribution < -0.4 is 16.0 Å². The molecule has 3 N–H and O–H groups in total. The molecule has 0 aliphatic carbocycles. The van der Waals surface area contributed by atoms with E-state index in [2.05, 4.69) is 15.0 Å². The maximum absolute atomic E-state index is 12.4. The highest BCUT2D eigenvalue weighted by Gasteiger charge is 2.25. The minimum Gasteiger partial charge on any atom is -0.475 e. The van der Waals surface area contributed by atoms with Crippen LogP contribution >= 0.6 is 11.6 Å². The van der Waals surface area contributed by atoms with Crippen LogP contribution in [0.4, 0.5) is 0 Å². The summed E-state index contributed by atoms with van der Waals surface area (Å²) in [6, 6.07) is 10.2. The van der Waals surface area contributed by atoms with Crippen molar-refractivity contribution >= 4 is 17.5 Å². The molecule has 2 aromatic heterocycles. The summed E-state index contributed by atoms with van der Waals surface area (Å²) in [6.07, 6.45) is 2.00. The van der Waals surface area contributed by atoms with Gasteiger partial charge in [0.05, 0.1) is 30.5 Å². The second kappa shape index (κ2) is 11.9. The number of amides is 1. The first-order valence-electron chi connectivity index (χ1n) is 11.1. The van der Waals surface area contributed by atoms with Crippen molar-refractivity contribution in [2.45, 2.75) is 20.3 Å². The Morgan fingerprint density at radius 2 is 1.89 bits per heavy atom. The van der Waals surface area contributed by atoms with Gasteiger partial charge in [-0.05, 0) is 30.2 Å². The lowest BCUT2D eigenvalue weighted by Crippen LogP contribution is -2.33.